The summed E-state index contributed by atoms with van der Waals surface area (Å²) < 4.78 is 0. The Morgan fingerprint density at radius 2 is 2.57 bits per heavy atom. The average molecular weight is 217 g/mol. The number of hydrogen-bond acceptors (Lipinski definition) is 6. The molecule has 0 bridgehead atoms. The van der Waals surface area contributed by atoms with Gasteiger partial charge in [-0.3, -0.25) is 4.79 Å². The first-order chi connectivity index (χ1) is 6.70. The van der Waals surface area contributed by atoms with Crippen molar-refractivity contribution in [3.63, 3.8) is 0 Å². The third kappa shape index (κ3) is 3.35. The van der Waals surface area contributed by atoms with E-state index >= 15 is 0 Å². The van der Waals surface area contributed by atoms with E-state index in [9.17, 15) is 14.9 Å². The summed E-state index contributed by atoms with van der Waals surface area (Å²) in [6.07, 6.45) is 0. The number of nitrogens with zero attached hydrogens (tertiary/aromatic N) is 2. The number of carbonyl (C=O) groups is 1. The largest absolute Gasteiger partial charge is 0.349 e. The smallest absolute Gasteiger partial charge is 0.294 e. The van der Waals surface area contributed by atoms with Crippen molar-refractivity contribution in [1.29, 1.82) is 0 Å². The van der Waals surface area contributed by atoms with Crippen LogP contribution in [0.4, 0.5) is 0 Å². The fourth-order valence-corrected chi connectivity index (χ4v) is 1.23. The molecule has 0 fully saturated rings. The lowest BCUT2D eigenvalue weighted by molar-refractivity contribution is -0.757. The van der Waals surface area contributed by atoms with Gasteiger partial charge < -0.3 is 10.2 Å². The molecule has 0 aliphatic carbocycles. The molecule has 0 saturated heterocycles. The molecule has 0 unspecified atom stereocenters. The minimum absolute atomic E-state index is 0.0807. The van der Waals surface area contributed by atoms with E-state index in [-0.39, 0.29) is 19.1 Å². The summed E-state index contributed by atoms with van der Waals surface area (Å²) in [6, 6.07) is 0. The number of amides is 1. The van der Waals surface area contributed by atoms with Gasteiger partial charge in [-0.15, -0.1) is 21.5 Å². The first kappa shape index (κ1) is 10.4. The van der Waals surface area contributed by atoms with Gasteiger partial charge in [0.2, 0.25) is 0 Å². The highest BCUT2D eigenvalue weighted by Crippen LogP contribution is 1.99. The van der Waals surface area contributed by atoms with Gasteiger partial charge in [0.25, 0.3) is 11.0 Å². The number of hydrogen-bond donors (Lipinski definition) is 1. The van der Waals surface area contributed by atoms with Crippen LogP contribution < -0.4 is 5.32 Å². The van der Waals surface area contributed by atoms with E-state index in [1.165, 1.54) is 16.8 Å². The zero-order valence-electron chi connectivity index (χ0n) is 7.00. The molecule has 0 spiro atoms. The van der Waals surface area contributed by atoms with Gasteiger partial charge in [0.15, 0.2) is 0 Å². The Morgan fingerprint density at radius 3 is 3.14 bits per heavy atom. The molecule has 76 valence electrons. The Kier molecular flexibility index (Phi) is 3.80. The Bertz CT molecular complexity index is 313. The fourth-order valence-electron chi connectivity index (χ4n) is 0.700. The van der Waals surface area contributed by atoms with Crippen molar-refractivity contribution in [2.24, 2.45) is 0 Å². The van der Waals surface area contributed by atoms with Crippen molar-refractivity contribution in [2.45, 2.75) is 0 Å². The molecule has 7 nitrogen and oxygen atoms in total. The Morgan fingerprint density at radius 1 is 1.79 bits per heavy atom. The molecule has 0 radical (unpaired) electrons. The minimum atomic E-state index is -0.908. The standard InChI is InChI=1S/C6H7N3O4S/c10-6(5-3-14-4-8-5)7-1-2-13-9(11)12/h3-4H,1-2H2,(H,7,10). The van der Waals surface area contributed by atoms with Crippen molar-refractivity contribution in [3.8, 4) is 0 Å². The van der Waals surface area contributed by atoms with Gasteiger partial charge in [0.1, 0.15) is 12.3 Å². The zero-order chi connectivity index (χ0) is 10.4. The lowest BCUT2D eigenvalue weighted by Crippen LogP contribution is -2.28. The summed E-state index contributed by atoms with van der Waals surface area (Å²) in [4.78, 5) is 28.7. The van der Waals surface area contributed by atoms with Gasteiger partial charge in [0.05, 0.1) is 5.51 Å². The third-order valence-electron chi connectivity index (χ3n) is 1.25. The normalized spacial score (nSPS) is 9.43. The second kappa shape index (κ2) is 5.12. The maximum atomic E-state index is 11.2. The van der Waals surface area contributed by atoms with Crippen LogP contribution in [0, 0.1) is 10.1 Å². The SMILES string of the molecule is O=C(NCCO[N+](=O)[O-])c1cscn1. The van der Waals surface area contributed by atoms with Crippen molar-refractivity contribution in [3.05, 3.63) is 26.7 Å². The van der Waals surface area contributed by atoms with Gasteiger partial charge in [-0.25, -0.2) is 4.98 Å². The van der Waals surface area contributed by atoms with E-state index in [0.717, 1.165) is 0 Å². The van der Waals surface area contributed by atoms with E-state index in [4.69, 9.17) is 0 Å². The lowest BCUT2D eigenvalue weighted by atomic mass is 10.4. The molecule has 0 atom stereocenters. The fraction of sp³-hybridized carbons (Fsp3) is 0.333. The van der Waals surface area contributed by atoms with Crippen LogP contribution in [0.2, 0.25) is 0 Å². The predicted molar refractivity (Wildman–Crippen MR) is 47.4 cm³/mol. The van der Waals surface area contributed by atoms with Crippen LogP contribution in [0.3, 0.4) is 0 Å². The van der Waals surface area contributed by atoms with E-state index in [1.54, 1.807) is 5.38 Å². The van der Waals surface area contributed by atoms with E-state index in [2.05, 4.69) is 15.1 Å². The monoisotopic (exact) mass is 217 g/mol. The summed E-state index contributed by atoms with van der Waals surface area (Å²) in [5.41, 5.74) is 1.83. The molecule has 1 N–H and O–H groups in total. The lowest BCUT2D eigenvalue weighted by Gasteiger charge is -2.00. The van der Waals surface area contributed by atoms with E-state index < -0.39 is 5.09 Å². The van der Waals surface area contributed by atoms with Gasteiger partial charge in [0, 0.05) is 11.9 Å². The minimum Gasteiger partial charge on any atom is -0.349 e. The molecule has 0 aliphatic rings. The summed E-state index contributed by atoms with van der Waals surface area (Å²) in [6.45, 7) is -0.0831. The Hall–Kier alpha value is -1.70. The zero-order valence-corrected chi connectivity index (χ0v) is 7.82. The molecular formula is C6H7N3O4S. The number of rotatable bonds is 5. The van der Waals surface area contributed by atoms with Crippen LogP contribution in [0.1, 0.15) is 10.5 Å². The van der Waals surface area contributed by atoms with E-state index in [0.29, 0.717) is 5.69 Å². The maximum Gasteiger partial charge on any atom is 0.294 e. The van der Waals surface area contributed by atoms with Crippen LogP contribution in [0.15, 0.2) is 10.9 Å². The maximum absolute atomic E-state index is 11.2. The quantitative estimate of drug-likeness (QED) is 0.428. The first-order valence-corrected chi connectivity index (χ1v) is 4.58. The van der Waals surface area contributed by atoms with Gasteiger partial charge in [-0.05, 0) is 0 Å². The molecule has 1 rings (SSSR count). The van der Waals surface area contributed by atoms with Crippen molar-refractivity contribution in [2.75, 3.05) is 13.2 Å². The van der Waals surface area contributed by atoms with Gasteiger partial charge in [-0.1, -0.05) is 0 Å². The number of carbonyl (C=O) groups excluding carboxylic acids is 1. The molecule has 1 aromatic rings. The number of aromatic nitrogens is 1. The summed E-state index contributed by atoms with van der Waals surface area (Å²) >= 11 is 1.30. The Labute approximate surface area is 82.8 Å². The van der Waals surface area contributed by atoms with Crippen LogP contribution in [-0.4, -0.2) is 29.1 Å². The van der Waals surface area contributed by atoms with Gasteiger partial charge in [-0.2, -0.15) is 0 Å². The van der Waals surface area contributed by atoms with E-state index in [1.807, 2.05) is 0 Å². The molecule has 1 heterocycles. The van der Waals surface area contributed by atoms with Gasteiger partial charge >= 0.3 is 0 Å². The third-order valence-corrected chi connectivity index (χ3v) is 1.84. The van der Waals surface area contributed by atoms with Crippen molar-refractivity contribution < 1.29 is 14.7 Å². The second-order valence-electron chi connectivity index (χ2n) is 2.19. The number of thiazole rings is 1. The van der Waals surface area contributed by atoms with Crippen LogP contribution in [0.5, 0.6) is 0 Å². The average Bonchev–Trinajstić information content (AvgIpc) is 2.64. The van der Waals surface area contributed by atoms with Crippen LogP contribution in [0.25, 0.3) is 0 Å². The summed E-state index contributed by atoms with van der Waals surface area (Å²) in [5, 5.41) is 12.8. The molecule has 0 saturated carbocycles. The molecule has 0 aliphatic heterocycles. The van der Waals surface area contributed by atoms with Crippen molar-refractivity contribution in [1.82, 2.24) is 10.3 Å². The predicted octanol–water partition coefficient (Wildman–Crippen LogP) is 0.0812. The summed E-state index contributed by atoms with van der Waals surface area (Å²) in [5.74, 6) is -0.363. The Balaban J connectivity index is 2.19. The molecule has 1 amide bonds. The molecule has 1 aromatic heterocycles. The van der Waals surface area contributed by atoms with Crippen molar-refractivity contribution >= 4 is 17.2 Å². The highest BCUT2D eigenvalue weighted by atomic mass is 32.1. The molecule has 8 heteroatoms. The number of nitrogens with one attached hydrogen (secondary N) is 1. The topological polar surface area (TPSA) is 94.4 Å². The summed E-state index contributed by atoms with van der Waals surface area (Å²) in [7, 11) is 0. The second-order valence-corrected chi connectivity index (χ2v) is 2.91. The van der Waals surface area contributed by atoms with Crippen LogP contribution >= 0.6 is 11.3 Å². The highest BCUT2D eigenvalue weighted by Gasteiger charge is 2.06. The molecule has 14 heavy (non-hydrogen) atoms. The highest BCUT2D eigenvalue weighted by molar-refractivity contribution is 7.07. The van der Waals surface area contributed by atoms with Crippen LogP contribution in [-0.2, 0) is 4.84 Å². The molecular weight excluding hydrogens is 210 g/mol. The molecule has 0 aromatic carbocycles. The first-order valence-electron chi connectivity index (χ1n) is 3.64.